The standard InChI is InChI=1S/C18H30S.Zn/c1-16(2,3)12-10-14(18(7,8)9)15(19)11-13(12)17(4,5)6;/h10-11,19H,1-9H3;. The fourth-order valence-electron chi connectivity index (χ4n) is 2.43. The van der Waals surface area contributed by atoms with Gasteiger partial charge in [0.25, 0.3) is 0 Å². The second-order valence-corrected chi connectivity index (χ2v) is 9.15. The van der Waals surface area contributed by atoms with Crippen molar-refractivity contribution in [2.45, 2.75) is 83.5 Å². The number of thiol groups is 1. The van der Waals surface area contributed by atoms with E-state index in [1.54, 1.807) is 0 Å². The van der Waals surface area contributed by atoms with Crippen LogP contribution in [0.1, 0.15) is 79.0 Å². The Kier molecular flexibility index (Phi) is 6.19. The molecule has 0 aromatic heterocycles. The molecule has 0 aliphatic rings. The number of hydrogen-bond donors (Lipinski definition) is 1. The second kappa shape index (κ2) is 6.13. The molecule has 0 amide bonds. The summed E-state index contributed by atoms with van der Waals surface area (Å²) in [5.41, 5.74) is 4.64. The molecule has 0 unspecified atom stereocenters. The third-order valence-electron chi connectivity index (χ3n) is 3.56. The van der Waals surface area contributed by atoms with Crippen molar-refractivity contribution >= 4 is 12.6 Å². The molecule has 20 heavy (non-hydrogen) atoms. The molecule has 0 spiro atoms. The van der Waals surface area contributed by atoms with Crippen LogP contribution in [0.4, 0.5) is 0 Å². The van der Waals surface area contributed by atoms with Gasteiger partial charge in [-0.2, -0.15) is 0 Å². The summed E-state index contributed by atoms with van der Waals surface area (Å²) in [6.07, 6.45) is 0. The molecule has 0 radical (unpaired) electrons. The Balaban J connectivity index is 0.00000361. The van der Waals surface area contributed by atoms with Crippen molar-refractivity contribution in [3.63, 3.8) is 0 Å². The van der Waals surface area contributed by atoms with Crippen molar-refractivity contribution in [1.82, 2.24) is 0 Å². The number of benzene rings is 1. The molecule has 0 saturated carbocycles. The first kappa shape index (κ1) is 20.2. The summed E-state index contributed by atoms with van der Waals surface area (Å²) >= 11 is 4.74. The molecule has 1 rings (SSSR count). The van der Waals surface area contributed by atoms with Gasteiger partial charge in [0.05, 0.1) is 0 Å². The van der Waals surface area contributed by atoms with Gasteiger partial charge in [0.15, 0.2) is 0 Å². The SMILES string of the molecule is CC(C)(C)c1cc(C(C)(C)C)c(C(C)(C)C)cc1S.[Zn]. The maximum Gasteiger partial charge on any atom is 0.00805 e. The van der Waals surface area contributed by atoms with Crippen molar-refractivity contribution in [3.8, 4) is 0 Å². The van der Waals surface area contributed by atoms with Crippen LogP contribution in [-0.2, 0) is 35.7 Å². The summed E-state index contributed by atoms with van der Waals surface area (Å²) < 4.78 is 0. The van der Waals surface area contributed by atoms with E-state index < -0.39 is 0 Å². The van der Waals surface area contributed by atoms with E-state index in [0.29, 0.717) is 0 Å². The van der Waals surface area contributed by atoms with E-state index >= 15 is 0 Å². The van der Waals surface area contributed by atoms with Gasteiger partial charge in [-0.25, -0.2) is 0 Å². The summed E-state index contributed by atoms with van der Waals surface area (Å²) in [5, 5.41) is 0. The van der Waals surface area contributed by atoms with Gasteiger partial charge in [0.2, 0.25) is 0 Å². The predicted octanol–water partition coefficient (Wildman–Crippen LogP) is 5.87. The van der Waals surface area contributed by atoms with Gasteiger partial charge in [0.1, 0.15) is 0 Å². The zero-order valence-electron chi connectivity index (χ0n) is 14.8. The molecule has 1 aromatic carbocycles. The van der Waals surface area contributed by atoms with Crippen LogP contribution in [0.15, 0.2) is 17.0 Å². The predicted molar refractivity (Wildman–Crippen MR) is 89.8 cm³/mol. The van der Waals surface area contributed by atoms with Gasteiger partial charge < -0.3 is 0 Å². The number of rotatable bonds is 0. The molecule has 0 saturated heterocycles. The molecule has 0 atom stereocenters. The van der Waals surface area contributed by atoms with Crippen molar-refractivity contribution < 1.29 is 19.5 Å². The van der Waals surface area contributed by atoms with Gasteiger partial charge in [0, 0.05) is 24.4 Å². The van der Waals surface area contributed by atoms with Gasteiger partial charge in [-0.05, 0) is 39.0 Å². The quantitative estimate of drug-likeness (QED) is 0.442. The molecular weight excluding hydrogens is 314 g/mol. The van der Waals surface area contributed by atoms with Crippen LogP contribution in [0.25, 0.3) is 0 Å². The summed E-state index contributed by atoms with van der Waals surface area (Å²) in [7, 11) is 0. The molecule has 1 aromatic rings. The summed E-state index contributed by atoms with van der Waals surface area (Å²) in [6, 6.07) is 4.66. The fourth-order valence-corrected chi connectivity index (χ4v) is 2.96. The second-order valence-electron chi connectivity index (χ2n) is 8.66. The maximum atomic E-state index is 4.74. The van der Waals surface area contributed by atoms with Gasteiger partial charge in [-0.3, -0.25) is 0 Å². The van der Waals surface area contributed by atoms with E-state index in [4.69, 9.17) is 12.6 Å². The first-order valence-corrected chi connectivity index (χ1v) is 7.58. The Morgan fingerprint density at radius 2 is 0.900 bits per heavy atom. The first-order chi connectivity index (χ1) is 8.24. The Bertz CT molecular complexity index is 468. The van der Waals surface area contributed by atoms with Crippen LogP contribution in [0.5, 0.6) is 0 Å². The molecule has 0 N–H and O–H groups in total. The van der Waals surface area contributed by atoms with Crippen molar-refractivity contribution in [2.24, 2.45) is 0 Å². The van der Waals surface area contributed by atoms with Crippen LogP contribution in [0, 0.1) is 0 Å². The average molecular weight is 344 g/mol. The normalized spacial score (nSPS) is 13.1. The Morgan fingerprint density at radius 1 is 0.600 bits per heavy atom. The largest absolute Gasteiger partial charge is 0.143 e. The Morgan fingerprint density at radius 3 is 1.20 bits per heavy atom. The van der Waals surface area contributed by atoms with E-state index in [0.717, 1.165) is 4.90 Å². The molecule has 0 heterocycles. The summed E-state index contributed by atoms with van der Waals surface area (Å²) in [5.74, 6) is 0. The van der Waals surface area contributed by atoms with Crippen LogP contribution in [-0.4, -0.2) is 0 Å². The Hall–Kier alpha value is 0.193. The van der Waals surface area contributed by atoms with Crippen LogP contribution in [0.2, 0.25) is 0 Å². The molecule has 2 heteroatoms. The smallest absolute Gasteiger partial charge is 0.00805 e. The molecule has 0 aliphatic heterocycles. The van der Waals surface area contributed by atoms with E-state index in [-0.39, 0.29) is 35.7 Å². The first-order valence-electron chi connectivity index (χ1n) is 7.13. The van der Waals surface area contributed by atoms with E-state index in [1.807, 2.05) is 0 Å². The van der Waals surface area contributed by atoms with Gasteiger partial charge in [-0.1, -0.05) is 68.4 Å². The van der Waals surface area contributed by atoms with E-state index in [2.05, 4.69) is 74.4 Å². The van der Waals surface area contributed by atoms with E-state index in [9.17, 15) is 0 Å². The Labute approximate surface area is 144 Å². The molecule has 110 valence electrons. The van der Waals surface area contributed by atoms with Gasteiger partial charge in [-0.15, -0.1) is 12.6 Å². The van der Waals surface area contributed by atoms with Gasteiger partial charge >= 0.3 is 0 Å². The molecule has 0 aliphatic carbocycles. The average Bonchev–Trinajstić information content (AvgIpc) is 2.11. The third-order valence-corrected chi connectivity index (χ3v) is 3.93. The third kappa shape index (κ3) is 4.60. The number of hydrogen-bond acceptors (Lipinski definition) is 1. The fraction of sp³-hybridized carbons (Fsp3) is 0.667. The van der Waals surface area contributed by atoms with Crippen LogP contribution >= 0.6 is 12.6 Å². The van der Waals surface area contributed by atoms with Crippen molar-refractivity contribution in [1.29, 1.82) is 0 Å². The maximum absolute atomic E-state index is 4.74. The zero-order chi connectivity index (χ0) is 15.2. The zero-order valence-corrected chi connectivity index (χ0v) is 18.7. The summed E-state index contributed by atoms with van der Waals surface area (Å²) in [6.45, 7) is 20.5. The van der Waals surface area contributed by atoms with Crippen LogP contribution < -0.4 is 0 Å². The van der Waals surface area contributed by atoms with E-state index in [1.165, 1.54) is 16.7 Å². The van der Waals surface area contributed by atoms with Crippen molar-refractivity contribution in [3.05, 3.63) is 28.8 Å². The van der Waals surface area contributed by atoms with Crippen LogP contribution in [0.3, 0.4) is 0 Å². The minimum absolute atomic E-state index is 0. The summed E-state index contributed by atoms with van der Waals surface area (Å²) in [4.78, 5) is 1.12. The van der Waals surface area contributed by atoms with Crippen molar-refractivity contribution in [2.75, 3.05) is 0 Å². The molecule has 0 nitrogen and oxygen atoms in total. The molecule has 0 fully saturated rings. The monoisotopic (exact) mass is 342 g/mol. The minimum atomic E-state index is 0. The molecular formula is C18H30SZn. The minimum Gasteiger partial charge on any atom is -0.143 e. The molecule has 0 bridgehead atoms. The topological polar surface area (TPSA) is 0 Å².